The minimum atomic E-state index is -2.73. The summed E-state index contributed by atoms with van der Waals surface area (Å²) in [6.07, 6.45) is 5.94. The Morgan fingerprint density at radius 2 is 1.91 bits per heavy atom. The Hall–Kier alpha value is -0.0500. The minimum absolute atomic E-state index is 0.0150. The summed E-state index contributed by atoms with van der Waals surface area (Å²) < 4.78 is 22.4. The molecule has 0 amide bonds. The Balaban J connectivity index is 2.21. The normalized spacial score (nSPS) is 43.2. The fourth-order valence-electron chi connectivity index (χ4n) is 2.71. The van der Waals surface area contributed by atoms with Gasteiger partial charge in [0, 0.05) is 6.26 Å². The predicted octanol–water partition coefficient (Wildman–Crippen LogP) is 1.22. The Bertz CT molecular complexity index is 255. The molecule has 2 aliphatic carbocycles. The van der Waals surface area contributed by atoms with Crippen LogP contribution in [0, 0.1) is 11.8 Å². The van der Waals surface area contributed by atoms with E-state index >= 15 is 0 Å². The van der Waals surface area contributed by atoms with Gasteiger partial charge < -0.3 is 0 Å². The summed E-state index contributed by atoms with van der Waals surface area (Å²) in [6.45, 7) is 0. The quantitative estimate of drug-likeness (QED) is 0.599. The third-order valence-corrected chi connectivity index (χ3v) is 4.90. The van der Waals surface area contributed by atoms with Crippen molar-refractivity contribution in [3.8, 4) is 0 Å². The Labute approximate surface area is 67.9 Å². The summed E-state index contributed by atoms with van der Waals surface area (Å²) in [5.74, 6) is 1.25. The summed E-state index contributed by atoms with van der Waals surface area (Å²) in [4.78, 5) is 0. The lowest BCUT2D eigenvalue weighted by Crippen LogP contribution is -2.25. The van der Waals surface area contributed by atoms with Crippen molar-refractivity contribution >= 4 is 9.84 Å². The Kier molecular flexibility index (Phi) is 1.53. The van der Waals surface area contributed by atoms with Gasteiger partial charge in [-0.1, -0.05) is 6.42 Å². The van der Waals surface area contributed by atoms with Crippen LogP contribution in [-0.2, 0) is 9.84 Å². The van der Waals surface area contributed by atoms with Gasteiger partial charge in [0.05, 0.1) is 5.25 Å². The van der Waals surface area contributed by atoms with Crippen molar-refractivity contribution in [2.24, 2.45) is 11.8 Å². The van der Waals surface area contributed by atoms with Gasteiger partial charge in [-0.15, -0.1) is 0 Å². The number of hydrogen-bond donors (Lipinski definition) is 0. The van der Waals surface area contributed by atoms with Crippen LogP contribution in [0.2, 0.25) is 0 Å². The first-order chi connectivity index (χ1) is 5.07. The highest BCUT2D eigenvalue weighted by Gasteiger charge is 2.44. The van der Waals surface area contributed by atoms with Crippen LogP contribution in [0.15, 0.2) is 0 Å². The lowest BCUT2D eigenvalue weighted by atomic mass is 10.0. The van der Waals surface area contributed by atoms with Gasteiger partial charge in [-0.2, -0.15) is 0 Å². The van der Waals surface area contributed by atoms with E-state index in [4.69, 9.17) is 0 Å². The second-order valence-corrected chi connectivity index (χ2v) is 6.31. The first kappa shape index (κ1) is 7.59. The highest BCUT2D eigenvalue weighted by atomic mass is 32.2. The lowest BCUT2D eigenvalue weighted by Gasteiger charge is -2.19. The van der Waals surface area contributed by atoms with Crippen LogP contribution in [0.1, 0.15) is 25.7 Å². The van der Waals surface area contributed by atoms with Crippen molar-refractivity contribution in [2.75, 3.05) is 6.26 Å². The molecule has 11 heavy (non-hydrogen) atoms. The second kappa shape index (κ2) is 2.22. The van der Waals surface area contributed by atoms with Crippen LogP contribution >= 0.6 is 0 Å². The fourth-order valence-corrected chi connectivity index (χ4v) is 4.28. The van der Waals surface area contributed by atoms with Crippen molar-refractivity contribution in [2.45, 2.75) is 30.9 Å². The highest BCUT2D eigenvalue weighted by molar-refractivity contribution is 7.91. The number of fused-ring (bicyclic) bond motifs is 2. The van der Waals surface area contributed by atoms with Gasteiger partial charge in [0.25, 0.3) is 0 Å². The van der Waals surface area contributed by atoms with Gasteiger partial charge in [-0.05, 0) is 31.1 Å². The number of sulfone groups is 1. The van der Waals surface area contributed by atoms with Gasteiger partial charge >= 0.3 is 0 Å². The zero-order valence-corrected chi connectivity index (χ0v) is 7.60. The standard InChI is InChI=1S/C8H14O2S/c1-11(9,10)8-5-6-2-3-7(8)4-6/h6-8H,2-5H2,1H3. The molecule has 0 radical (unpaired) electrons. The van der Waals surface area contributed by atoms with Crippen LogP contribution in [0.4, 0.5) is 0 Å². The molecule has 0 spiro atoms. The molecule has 0 aromatic carbocycles. The summed E-state index contributed by atoms with van der Waals surface area (Å²) in [7, 11) is -2.73. The molecule has 2 nitrogen and oxygen atoms in total. The molecule has 0 heterocycles. The second-order valence-electron chi connectivity index (χ2n) is 4.04. The minimum Gasteiger partial charge on any atom is -0.229 e. The number of rotatable bonds is 1. The molecule has 2 rings (SSSR count). The Morgan fingerprint density at radius 3 is 2.18 bits per heavy atom. The van der Waals surface area contributed by atoms with Crippen LogP contribution < -0.4 is 0 Å². The monoisotopic (exact) mass is 174 g/mol. The zero-order valence-electron chi connectivity index (χ0n) is 6.79. The SMILES string of the molecule is CS(=O)(=O)C1CC2CCC1C2. The third-order valence-electron chi connectivity index (χ3n) is 3.22. The maximum atomic E-state index is 11.2. The maximum Gasteiger partial charge on any atom is 0.150 e. The van der Waals surface area contributed by atoms with Crippen LogP contribution in [0.25, 0.3) is 0 Å². The largest absolute Gasteiger partial charge is 0.229 e. The van der Waals surface area contributed by atoms with Crippen LogP contribution in [0.3, 0.4) is 0 Å². The molecule has 0 aromatic heterocycles. The van der Waals surface area contributed by atoms with E-state index < -0.39 is 9.84 Å². The van der Waals surface area contributed by atoms with E-state index in [1.165, 1.54) is 19.1 Å². The van der Waals surface area contributed by atoms with E-state index in [2.05, 4.69) is 0 Å². The van der Waals surface area contributed by atoms with Crippen LogP contribution in [0.5, 0.6) is 0 Å². The van der Waals surface area contributed by atoms with Gasteiger partial charge in [0.15, 0.2) is 9.84 Å². The molecule has 2 aliphatic rings. The van der Waals surface area contributed by atoms with E-state index in [0.29, 0.717) is 5.92 Å². The van der Waals surface area contributed by atoms with E-state index in [-0.39, 0.29) is 5.25 Å². The average molecular weight is 174 g/mol. The molecule has 0 aliphatic heterocycles. The maximum absolute atomic E-state index is 11.2. The molecule has 2 bridgehead atoms. The van der Waals surface area contributed by atoms with Crippen molar-refractivity contribution < 1.29 is 8.42 Å². The molecule has 2 fully saturated rings. The molecular formula is C8H14O2S. The highest BCUT2D eigenvalue weighted by Crippen LogP contribution is 2.47. The zero-order chi connectivity index (χ0) is 8.06. The molecule has 0 aromatic rings. The van der Waals surface area contributed by atoms with E-state index in [1.54, 1.807) is 0 Å². The van der Waals surface area contributed by atoms with Crippen LogP contribution in [-0.4, -0.2) is 19.9 Å². The summed E-state index contributed by atoms with van der Waals surface area (Å²) >= 11 is 0. The van der Waals surface area contributed by atoms with Gasteiger partial charge in [-0.3, -0.25) is 0 Å². The van der Waals surface area contributed by atoms with Gasteiger partial charge in [-0.25, -0.2) is 8.42 Å². The smallest absolute Gasteiger partial charge is 0.150 e. The number of hydrogen-bond acceptors (Lipinski definition) is 2. The molecule has 3 atom stereocenters. The average Bonchev–Trinajstić information content (AvgIpc) is 2.42. The third kappa shape index (κ3) is 1.19. The first-order valence-electron chi connectivity index (χ1n) is 4.26. The van der Waals surface area contributed by atoms with Crippen molar-refractivity contribution in [1.82, 2.24) is 0 Å². The molecular weight excluding hydrogens is 160 g/mol. The molecule has 2 saturated carbocycles. The van der Waals surface area contributed by atoms with E-state index in [1.807, 2.05) is 0 Å². The predicted molar refractivity (Wildman–Crippen MR) is 44.1 cm³/mol. The van der Waals surface area contributed by atoms with Gasteiger partial charge in [0.2, 0.25) is 0 Å². The van der Waals surface area contributed by atoms with E-state index in [9.17, 15) is 8.42 Å². The summed E-state index contributed by atoms with van der Waals surface area (Å²) in [5, 5.41) is 0.0150. The van der Waals surface area contributed by atoms with E-state index in [0.717, 1.165) is 18.8 Å². The summed E-state index contributed by atoms with van der Waals surface area (Å²) in [5.41, 5.74) is 0. The Morgan fingerprint density at radius 1 is 1.18 bits per heavy atom. The molecule has 0 N–H and O–H groups in total. The van der Waals surface area contributed by atoms with Gasteiger partial charge in [0.1, 0.15) is 0 Å². The van der Waals surface area contributed by atoms with Crippen molar-refractivity contribution in [1.29, 1.82) is 0 Å². The van der Waals surface area contributed by atoms with Crippen molar-refractivity contribution in [3.63, 3.8) is 0 Å². The molecule has 0 saturated heterocycles. The summed E-state index contributed by atoms with van der Waals surface area (Å²) in [6, 6.07) is 0. The van der Waals surface area contributed by atoms with Crippen molar-refractivity contribution in [3.05, 3.63) is 0 Å². The topological polar surface area (TPSA) is 34.1 Å². The first-order valence-corrected chi connectivity index (χ1v) is 6.21. The molecule has 3 heteroatoms. The molecule has 3 unspecified atom stereocenters. The fraction of sp³-hybridized carbons (Fsp3) is 1.00. The lowest BCUT2D eigenvalue weighted by molar-refractivity contribution is 0.467. The molecule has 64 valence electrons.